The molecule has 0 aliphatic heterocycles. The first-order chi connectivity index (χ1) is 14.1. The zero-order valence-electron chi connectivity index (χ0n) is 15.7. The Bertz CT molecular complexity index is 1150. The number of para-hydroxylation sites is 1. The molecule has 4 aromatic rings. The van der Waals surface area contributed by atoms with Crippen LogP contribution in [0.15, 0.2) is 64.3 Å². The number of rotatable bonds is 7. The largest absolute Gasteiger partial charge is 0.454 e. The van der Waals surface area contributed by atoms with Crippen LogP contribution in [0.4, 0.5) is 0 Å². The second-order valence-corrected chi connectivity index (χ2v) is 8.23. The number of nitrogens with zero attached hydrogens (tertiary/aromatic N) is 1. The van der Waals surface area contributed by atoms with Crippen molar-refractivity contribution in [3.8, 4) is 0 Å². The summed E-state index contributed by atoms with van der Waals surface area (Å²) in [5.74, 6) is 0.0572. The number of carbonyl (C=O) groups is 2. The molecule has 0 saturated carbocycles. The fourth-order valence-corrected chi connectivity index (χ4v) is 4.54. The maximum absolute atomic E-state index is 12.6. The molecule has 0 radical (unpaired) electrons. The van der Waals surface area contributed by atoms with Crippen molar-refractivity contribution in [3.05, 3.63) is 81.9 Å². The number of hydrogen-bond donors (Lipinski definition) is 1. The van der Waals surface area contributed by atoms with E-state index in [1.807, 2.05) is 54.2 Å². The first-order valence-corrected chi connectivity index (χ1v) is 10.9. The Morgan fingerprint density at radius 1 is 1.14 bits per heavy atom. The van der Waals surface area contributed by atoms with Crippen LogP contribution in [0.2, 0.25) is 0 Å². The number of benzene rings is 2. The Morgan fingerprint density at radius 2 is 1.93 bits per heavy atom. The lowest BCUT2D eigenvalue weighted by Gasteiger charge is -2.06. The van der Waals surface area contributed by atoms with E-state index in [0.717, 1.165) is 32.9 Å². The standard InChI is InChI=1S/C22H18N2O3S2/c1-14-21(18-4-2-3-5-19(18)24-14)20(25)10-27-22(26)15-6-8-17(9-7-15)29-12-16-11-28-13-23-16/h2-9,11,13,24H,10,12H2,1H3. The van der Waals surface area contributed by atoms with Gasteiger partial charge in [0.15, 0.2) is 6.61 Å². The number of H-pyrrole nitrogens is 1. The Hall–Kier alpha value is -2.90. The molecule has 29 heavy (non-hydrogen) atoms. The average Bonchev–Trinajstić information content (AvgIpc) is 3.37. The van der Waals surface area contributed by atoms with Crippen molar-refractivity contribution < 1.29 is 14.3 Å². The van der Waals surface area contributed by atoms with Crippen LogP contribution in [0.1, 0.15) is 32.1 Å². The van der Waals surface area contributed by atoms with Crippen LogP contribution in [0.5, 0.6) is 0 Å². The number of fused-ring (bicyclic) bond motifs is 1. The van der Waals surface area contributed by atoms with Gasteiger partial charge < -0.3 is 9.72 Å². The average molecular weight is 423 g/mol. The van der Waals surface area contributed by atoms with E-state index >= 15 is 0 Å². The highest BCUT2D eigenvalue weighted by atomic mass is 32.2. The van der Waals surface area contributed by atoms with Crippen molar-refractivity contribution in [3.63, 3.8) is 0 Å². The third kappa shape index (κ3) is 4.41. The molecule has 1 N–H and O–H groups in total. The third-order valence-electron chi connectivity index (χ3n) is 4.47. The van der Waals surface area contributed by atoms with Crippen LogP contribution >= 0.6 is 23.1 Å². The number of ketones is 1. The van der Waals surface area contributed by atoms with E-state index in [2.05, 4.69) is 9.97 Å². The molecule has 5 nitrogen and oxygen atoms in total. The van der Waals surface area contributed by atoms with Crippen LogP contribution in [-0.4, -0.2) is 28.3 Å². The first-order valence-electron chi connectivity index (χ1n) is 8.99. The van der Waals surface area contributed by atoms with Crippen molar-refractivity contribution in [2.45, 2.75) is 17.6 Å². The molecule has 0 fully saturated rings. The molecule has 0 atom stereocenters. The molecule has 7 heteroatoms. The zero-order valence-corrected chi connectivity index (χ0v) is 17.3. The SMILES string of the molecule is Cc1[nH]c2ccccc2c1C(=O)COC(=O)c1ccc(SCc2cscn2)cc1. The summed E-state index contributed by atoms with van der Waals surface area (Å²) in [5.41, 5.74) is 5.51. The number of aromatic nitrogens is 2. The van der Waals surface area contributed by atoms with Gasteiger partial charge in [-0.1, -0.05) is 18.2 Å². The van der Waals surface area contributed by atoms with Gasteiger partial charge in [0.2, 0.25) is 5.78 Å². The summed E-state index contributed by atoms with van der Waals surface area (Å²) in [6.45, 7) is 1.55. The van der Waals surface area contributed by atoms with Crippen LogP contribution in [0.3, 0.4) is 0 Å². The Balaban J connectivity index is 1.36. The van der Waals surface area contributed by atoms with Gasteiger partial charge in [-0.25, -0.2) is 9.78 Å². The predicted molar refractivity (Wildman–Crippen MR) is 116 cm³/mol. The highest BCUT2D eigenvalue weighted by molar-refractivity contribution is 7.98. The van der Waals surface area contributed by atoms with Crippen molar-refractivity contribution in [1.82, 2.24) is 9.97 Å². The smallest absolute Gasteiger partial charge is 0.338 e. The van der Waals surface area contributed by atoms with Crippen molar-refractivity contribution in [2.24, 2.45) is 0 Å². The predicted octanol–water partition coefficient (Wildman–Crippen LogP) is 5.26. The summed E-state index contributed by atoms with van der Waals surface area (Å²) in [7, 11) is 0. The molecule has 0 amide bonds. The minimum Gasteiger partial charge on any atom is -0.454 e. The van der Waals surface area contributed by atoms with Crippen LogP contribution in [0.25, 0.3) is 10.9 Å². The highest BCUT2D eigenvalue weighted by Gasteiger charge is 2.18. The lowest BCUT2D eigenvalue weighted by molar-refractivity contribution is 0.0475. The summed E-state index contributed by atoms with van der Waals surface area (Å²) in [6, 6.07) is 14.8. The van der Waals surface area contributed by atoms with Gasteiger partial charge in [-0.2, -0.15) is 0 Å². The van der Waals surface area contributed by atoms with Crippen molar-refractivity contribution in [2.75, 3.05) is 6.61 Å². The summed E-state index contributed by atoms with van der Waals surface area (Å²) in [6.07, 6.45) is 0. The van der Waals surface area contributed by atoms with Gasteiger partial charge in [0.25, 0.3) is 0 Å². The molecule has 0 unspecified atom stereocenters. The lowest BCUT2D eigenvalue weighted by atomic mass is 10.1. The van der Waals surface area contributed by atoms with E-state index in [1.54, 1.807) is 35.2 Å². The van der Waals surface area contributed by atoms with E-state index in [0.29, 0.717) is 11.1 Å². The monoisotopic (exact) mass is 422 g/mol. The molecule has 2 aromatic carbocycles. The second-order valence-electron chi connectivity index (χ2n) is 6.46. The number of Topliss-reactive ketones (excluding diaryl/α,β-unsaturated/α-hetero) is 1. The Labute approximate surface area is 176 Å². The van der Waals surface area contributed by atoms with Crippen LogP contribution < -0.4 is 0 Å². The fraction of sp³-hybridized carbons (Fsp3) is 0.136. The molecule has 0 aliphatic rings. The summed E-state index contributed by atoms with van der Waals surface area (Å²) in [4.78, 5) is 33.4. The molecule has 146 valence electrons. The number of aromatic amines is 1. The maximum Gasteiger partial charge on any atom is 0.338 e. The van der Waals surface area contributed by atoms with Crippen molar-refractivity contribution in [1.29, 1.82) is 0 Å². The minimum absolute atomic E-state index is 0.219. The Morgan fingerprint density at radius 3 is 2.69 bits per heavy atom. The van der Waals surface area contributed by atoms with E-state index in [4.69, 9.17) is 4.74 Å². The topological polar surface area (TPSA) is 72.1 Å². The second kappa shape index (κ2) is 8.63. The molecular weight excluding hydrogens is 404 g/mol. The Kier molecular flexibility index (Phi) is 5.78. The zero-order chi connectivity index (χ0) is 20.2. The minimum atomic E-state index is -0.508. The lowest BCUT2D eigenvalue weighted by Crippen LogP contribution is -2.14. The molecule has 2 heterocycles. The number of carbonyl (C=O) groups excluding carboxylic acids is 2. The number of nitrogens with one attached hydrogen (secondary N) is 1. The van der Waals surface area contributed by atoms with E-state index < -0.39 is 5.97 Å². The number of esters is 1. The number of thiazole rings is 1. The number of thioether (sulfide) groups is 1. The van der Waals surface area contributed by atoms with Crippen LogP contribution in [-0.2, 0) is 10.5 Å². The number of ether oxygens (including phenoxy) is 1. The number of aryl methyl sites for hydroxylation is 1. The maximum atomic E-state index is 12.6. The van der Waals surface area contributed by atoms with Gasteiger partial charge in [-0.3, -0.25) is 4.79 Å². The van der Waals surface area contributed by atoms with Crippen molar-refractivity contribution >= 4 is 45.8 Å². The van der Waals surface area contributed by atoms with Gasteiger partial charge >= 0.3 is 5.97 Å². The van der Waals surface area contributed by atoms with Gasteiger partial charge in [0.1, 0.15) is 0 Å². The quantitative estimate of drug-likeness (QED) is 0.250. The summed E-state index contributed by atoms with van der Waals surface area (Å²) in [5, 5.41) is 2.86. The molecule has 0 spiro atoms. The molecule has 2 aromatic heterocycles. The number of hydrogen-bond acceptors (Lipinski definition) is 6. The highest BCUT2D eigenvalue weighted by Crippen LogP contribution is 2.24. The van der Waals surface area contributed by atoms with E-state index in [-0.39, 0.29) is 12.4 Å². The molecule has 0 saturated heterocycles. The van der Waals surface area contributed by atoms with Gasteiger partial charge in [-0.05, 0) is 37.3 Å². The van der Waals surface area contributed by atoms with E-state index in [9.17, 15) is 9.59 Å². The van der Waals surface area contributed by atoms with E-state index in [1.165, 1.54) is 0 Å². The normalized spacial score (nSPS) is 10.9. The first kappa shape index (κ1) is 19.4. The van der Waals surface area contributed by atoms with Crippen LogP contribution in [0, 0.1) is 6.92 Å². The summed E-state index contributed by atoms with van der Waals surface area (Å²) < 4.78 is 5.26. The third-order valence-corrected chi connectivity index (χ3v) is 6.15. The van der Waals surface area contributed by atoms with Gasteiger partial charge in [-0.15, -0.1) is 23.1 Å². The van der Waals surface area contributed by atoms with Gasteiger partial charge in [0, 0.05) is 38.2 Å². The molecule has 0 bridgehead atoms. The summed E-state index contributed by atoms with van der Waals surface area (Å²) >= 11 is 3.23. The molecular formula is C22H18N2O3S2. The van der Waals surface area contributed by atoms with Gasteiger partial charge in [0.05, 0.1) is 16.8 Å². The molecule has 0 aliphatic carbocycles. The fourth-order valence-electron chi connectivity index (χ4n) is 3.08. The molecule has 4 rings (SSSR count).